The molecular formula is C9H21NO. The fourth-order valence-corrected chi connectivity index (χ4v) is 1.32. The highest BCUT2D eigenvalue weighted by Crippen LogP contribution is 2.16. The second-order valence-corrected chi connectivity index (χ2v) is 3.22. The van der Waals surface area contributed by atoms with Gasteiger partial charge in [-0.25, -0.2) is 0 Å². The third-order valence-corrected chi connectivity index (χ3v) is 2.12. The first-order chi connectivity index (χ1) is 5.20. The molecule has 2 atom stereocenters. The van der Waals surface area contributed by atoms with Crippen LogP contribution in [0.15, 0.2) is 0 Å². The predicted octanol–water partition coefficient (Wildman–Crippen LogP) is 1.87. The lowest BCUT2D eigenvalue weighted by Crippen LogP contribution is -2.22. The molecule has 68 valence electrons. The van der Waals surface area contributed by atoms with Gasteiger partial charge in [-0.15, -0.1) is 0 Å². The summed E-state index contributed by atoms with van der Waals surface area (Å²) in [6.07, 6.45) is 4.98. The summed E-state index contributed by atoms with van der Waals surface area (Å²) in [5, 5.41) is 8.93. The Morgan fingerprint density at radius 2 is 2.00 bits per heavy atom. The number of rotatable bonds is 6. The molecule has 0 heterocycles. The van der Waals surface area contributed by atoms with Crippen LogP contribution in [-0.4, -0.2) is 11.3 Å². The average molecular weight is 159 g/mol. The lowest BCUT2D eigenvalue weighted by atomic mass is 9.95. The molecule has 0 radical (unpaired) electrons. The second-order valence-electron chi connectivity index (χ2n) is 3.22. The Labute approximate surface area is 69.8 Å². The van der Waals surface area contributed by atoms with Gasteiger partial charge in [0.25, 0.3) is 0 Å². The van der Waals surface area contributed by atoms with Crippen molar-refractivity contribution in [3.8, 4) is 0 Å². The Morgan fingerprint density at radius 1 is 1.36 bits per heavy atom. The second kappa shape index (κ2) is 6.62. The summed E-state index contributed by atoms with van der Waals surface area (Å²) in [6.45, 7) is 4.34. The normalized spacial score (nSPS) is 16.4. The highest BCUT2D eigenvalue weighted by atomic mass is 16.3. The van der Waals surface area contributed by atoms with Crippen LogP contribution in [-0.2, 0) is 0 Å². The van der Waals surface area contributed by atoms with Crippen LogP contribution >= 0.6 is 0 Å². The lowest BCUT2D eigenvalue weighted by molar-refractivity contribution is 0.144. The molecule has 3 N–H and O–H groups in total. The predicted molar refractivity (Wildman–Crippen MR) is 48.1 cm³/mol. The maximum Gasteiger partial charge on any atom is 0.102 e. The van der Waals surface area contributed by atoms with Crippen LogP contribution in [0.1, 0.15) is 46.0 Å². The summed E-state index contributed by atoms with van der Waals surface area (Å²) in [5.41, 5.74) is 5.30. The molecule has 11 heavy (non-hydrogen) atoms. The molecule has 0 amide bonds. The van der Waals surface area contributed by atoms with E-state index in [1.165, 1.54) is 19.3 Å². The fourth-order valence-electron chi connectivity index (χ4n) is 1.32. The molecule has 0 saturated carbocycles. The number of nitrogens with two attached hydrogens (primary N) is 1. The quantitative estimate of drug-likeness (QED) is 0.581. The number of unbranched alkanes of at least 4 members (excludes halogenated alkanes) is 1. The highest BCUT2D eigenvalue weighted by Gasteiger charge is 2.08. The monoisotopic (exact) mass is 159 g/mol. The molecule has 0 aromatic heterocycles. The van der Waals surface area contributed by atoms with Gasteiger partial charge in [0, 0.05) is 0 Å². The summed E-state index contributed by atoms with van der Waals surface area (Å²) in [4.78, 5) is 0. The van der Waals surface area contributed by atoms with Crippen LogP contribution in [0, 0.1) is 5.92 Å². The summed E-state index contributed by atoms with van der Waals surface area (Å²) in [5.74, 6) is 0.620. The average Bonchev–Trinajstić information content (AvgIpc) is 1.97. The van der Waals surface area contributed by atoms with E-state index < -0.39 is 6.23 Å². The molecule has 0 spiro atoms. The van der Waals surface area contributed by atoms with Gasteiger partial charge in [-0.3, -0.25) is 0 Å². The van der Waals surface area contributed by atoms with E-state index in [1.54, 1.807) is 0 Å². The number of hydrogen-bond donors (Lipinski definition) is 2. The van der Waals surface area contributed by atoms with Crippen molar-refractivity contribution in [2.75, 3.05) is 0 Å². The third kappa shape index (κ3) is 6.32. The lowest BCUT2D eigenvalue weighted by Gasteiger charge is -2.15. The van der Waals surface area contributed by atoms with Gasteiger partial charge < -0.3 is 10.8 Å². The van der Waals surface area contributed by atoms with Gasteiger partial charge in [-0.2, -0.15) is 0 Å². The van der Waals surface area contributed by atoms with Crippen LogP contribution in [0.25, 0.3) is 0 Å². The van der Waals surface area contributed by atoms with Crippen LogP contribution in [0.3, 0.4) is 0 Å². The maximum atomic E-state index is 8.93. The number of aliphatic hydroxyl groups is 1. The van der Waals surface area contributed by atoms with Gasteiger partial charge in [0.1, 0.15) is 6.23 Å². The van der Waals surface area contributed by atoms with E-state index in [0.29, 0.717) is 5.92 Å². The van der Waals surface area contributed by atoms with Crippen molar-refractivity contribution >= 4 is 0 Å². The van der Waals surface area contributed by atoms with Crippen LogP contribution in [0.2, 0.25) is 0 Å². The van der Waals surface area contributed by atoms with Crippen molar-refractivity contribution in [2.24, 2.45) is 11.7 Å². The zero-order chi connectivity index (χ0) is 8.69. The van der Waals surface area contributed by atoms with E-state index in [1.807, 2.05) is 0 Å². The van der Waals surface area contributed by atoms with E-state index in [9.17, 15) is 0 Å². The highest BCUT2D eigenvalue weighted by molar-refractivity contribution is 4.59. The van der Waals surface area contributed by atoms with Crippen molar-refractivity contribution in [1.82, 2.24) is 0 Å². The Bertz CT molecular complexity index is 83.6. The van der Waals surface area contributed by atoms with Crippen molar-refractivity contribution in [3.63, 3.8) is 0 Å². The Kier molecular flexibility index (Phi) is 6.57. The minimum Gasteiger partial charge on any atom is -0.379 e. The molecule has 0 aromatic carbocycles. The van der Waals surface area contributed by atoms with Gasteiger partial charge in [0.15, 0.2) is 0 Å². The molecule has 0 aromatic rings. The molecule has 0 fully saturated rings. The first kappa shape index (κ1) is 10.9. The Balaban J connectivity index is 3.41. The largest absolute Gasteiger partial charge is 0.379 e. The fraction of sp³-hybridized carbons (Fsp3) is 1.00. The Hall–Kier alpha value is -0.0800. The molecule has 0 aliphatic rings. The summed E-state index contributed by atoms with van der Waals surface area (Å²) >= 11 is 0. The topological polar surface area (TPSA) is 46.2 Å². The molecule has 2 heteroatoms. The van der Waals surface area contributed by atoms with Crippen LogP contribution < -0.4 is 5.73 Å². The summed E-state index contributed by atoms with van der Waals surface area (Å²) < 4.78 is 0. The molecular weight excluding hydrogens is 138 g/mol. The first-order valence-electron chi connectivity index (χ1n) is 4.64. The van der Waals surface area contributed by atoms with Crippen LogP contribution in [0.4, 0.5) is 0 Å². The molecule has 0 bridgehead atoms. The number of hydrogen-bond acceptors (Lipinski definition) is 2. The summed E-state index contributed by atoms with van der Waals surface area (Å²) in [7, 11) is 0. The van der Waals surface area contributed by atoms with Gasteiger partial charge in [0.05, 0.1) is 0 Å². The minimum atomic E-state index is -0.614. The van der Waals surface area contributed by atoms with Gasteiger partial charge >= 0.3 is 0 Å². The molecule has 0 rings (SSSR count). The van der Waals surface area contributed by atoms with E-state index in [0.717, 1.165) is 12.8 Å². The molecule has 0 aliphatic heterocycles. The molecule has 2 nitrogen and oxygen atoms in total. The smallest absolute Gasteiger partial charge is 0.102 e. The van der Waals surface area contributed by atoms with Crippen molar-refractivity contribution in [2.45, 2.75) is 52.2 Å². The standard InChI is InChI=1S/C9H21NO/c1-3-5-6-8(4-2)7-9(10)11/h8-9,11H,3-7,10H2,1-2H3. The van der Waals surface area contributed by atoms with Crippen molar-refractivity contribution in [3.05, 3.63) is 0 Å². The van der Waals surface area contributed by atoms with E-state index in [-0.39, 0.29) is 0 Å². The molecule has 0 aliphatic carbocycles. The van der Waals surface area contributed by atoms with Crippen molar-refractivity contribution < 1.29 is 5.11 Å². The molecule has 0 saturated heterocycles. The SMILES string of the molecule is CCCCC(CC)CC(N)O. The molecule has 2 unspecified atom stereocenters. The van der Waals surface area contributed by atoms with E-state index in [4.69, 9.17) is 10.8 Å². The Morgan fingerprint density at radius 3 is 2.36 bits per heavy atom. The zero-order valence-corrected chi connectivity index (χ0v) is 7.71. The maximum absolute atomic E-state index is 8.93. The van der Waals surface area contributed by atoms with Crippen molar-refractivity contribution in [1.29, 1.82) is 0 Å². The van der Waals surface area contributed by atoms with Gasteiger partial charge in [-0.05, 0) is 12.3 Å². The first-order valence-corrected chi connectivity index (χ1v) is 4.64. The van der Waals surface area contributed by atoms with Gasteiger partial charge in [-0.1, -0.05) is 39.5 Å². The van der Waals surface area contributed by atoms with E-state index >= 15 is 0 Å². The summed E-state index contributed by atoms with van der Waals surface area (Å²) in [6, 6.07) is 0. The zero-order valence-electron chi connectivity index (χ0n) is 7.71. The third-order valence-electron chi connectivity index (χ3n) is 2.12. The number of aliphatic hydroxyl groups excluding tert-OH is 1. The van der Waals surface area contributed by atoms with E-state index in [2.05, 4.69) is 13.8 Å². The van der Waals surface area contributed by atoms with Gasteiger partial charge in [0.2, 0.25) is 0 Å². The minimum absolute atomic E-state index is 0.614. The van der Waals surface area contributed by atoms with Crippen LogP contribution in [0.5, 0.6) is 0 Å².